The number of likely N-dealkylation sites (tertiary alicyclic amines) is 1. The van der Waals surface area contributed by atoms with Crippen molar-refractivity contribution in [3.63, 3.8) is 0 Å². The number of amides is 1. The molecule has 1 atom stereocenters. The molecule has 1 aromatic heterocycles. The van der Waals surface area contributed by atoms with Crippen LogP contribution >= 0.6 is 0 Å². The van der Waals surface area contributed by atoms with Crippen LogP contribution in [-0.4, -0.2) is 46.8 Å². The fourth-order valence-corrected chi connectivity index (χ4v) is 3.54. The molecule has 0 bridgehead atoms. The van der Waals surface area contributed by atoms with Crippen molar-refractivity contribution in [3.8, 4) is 0 Å². The molecule has 0 saturated carbocycles. The van der Waals surface area contributed by atoms with Gasteiger partial charge in [-0.25, -0.2) is 0 Å². The van der Waals surface area contributed by atoms with Crippen molar-refractivity contribution < 1.29 is 19.1 Å². The summed E-state index contributed by atoms with van der Waals surface area (Å²) in [5.74, 6) is -1.37. The normalized spacial score (nSPS) is 15.6. The van der Waals surface area contributed by atoms with Crippen LogP contribution in [0.5, 0.6) is 0 Å². The Bertz CT molecular complexity index is 929. The van der Waals surface area contributed by atoms with Gasteiger partial charge in [0.25, 0.3) is 11.5 Å². The van der Waals surface area contributed by atoms with Crippen LogP contribution in [-0.2, 0) is 14.3 Å². The van der Waals surface area contributed by atoms with E-state index in [1.807, 2.05) is 0 Å². The second-order valence-corrected chi connectivity index (χ2v) is 6.93. The first-order chi connectivity index (χ1) is 14.0. The number of pyridine rings is 1. The first-order valence-corrected chi connectivity index (χ1v) is 9.74. The van der Waals surface area contributed by atoms with E-state index in [4.69, 9.17) is 4.74 Å². The number of rotatable bonds is 6. The van der Waals surface area contributed by atoms with E-state index in [0.717, 1.165) is 0 Å². The maximum absolute atomic E-state index is 13.3. The molecule has 0 aliphatic carbocycles. The predicted molar refractivity (Wildman–Crippen MR) is 106 cm³/mol. The van der Waals surface area contributed by atoms with Gasteiger partial charge in [-0.2, -0.15) is 0 Å². The molecule has 2 aromatic rings. The molecule has 7 nitrogen and oxygen atoms in total. The van der Waals surface area contributed by atoms with Crippen LogP contribution in [0.4, 0.5) is 0 Å². The quantitative estimate of drug-likeness (QED) is 0.424. The van der Waals surface area contributed by atoms with Crippen LogP contribution in [0.15, 0.2) is 59.5 Å². The molecule has 1 aliphatic heterocycles. The van der Waals surface area contributed by atoms with Crippen LogP contribution < -0.4 is 5.56 Å². The zero-order valence-electron chi connectivity index (χ0n) is 16.3. The molecule has 29 heavy (non-hydrogen) atoms. The van der Waals surface area contributed by atoms with E-state index in [9.17, 15) is 19.2 Å². The van der Waals surface area contributed by atoms with Gasteiger partial charge in [-0.3, -0.25) is 23.7 Å². The highest BCUT2D eigenvalue weighted by Gasteiger charge is 2.36. The van der Waals surface area contributed by atoms with Crippen LogP contribution in [0.3, 0.4) is 0 Å². The van der Waals surface area contributed by atoms with Crippen molar-refractivity contribution in [2.24, 2.45) is 5.92 Å². The molecular weight excluding hydrogens is 372 g/mol. The summed E-state index contributed by atoms with van der Waals surface area (Å²) in [4.78, 5) is 52.3. The maximum Gasteiger partial charge on any atom is 0.309 e. The topological polar surface area (TPSA) is 85.7 Å². The van der Waals surface area contributed by atoms with E-state index < -0.39 is 23.3 Å². The van der Waals surface area contributed by atoms with E-state index >= 15 is 0 Å². The van der Waals surface area contributed by atoms with Crippen LogP contribution in [0.25, 0.3) is 0 Å². The standard InChI is InChI=1S/C22H24N2O5/c1-2-29-22(28)17-11-14-23(15-12-17)21(27)19(24-13-7-6-10-18(24)25)20(26)16-8-4-3-5-9-16/h3-10,13,17,19H,2,11-12,14-15H2,1H3/t19-/m1/s1. The Balaban J connectivity index is 1.84. The smallest absolute Gasteiger partial charge is 0.309 e. The molecule has 152 valence electrons. The van der Waals surface area contributed by atoms with Crippen molar-refractivity contribution >= 4 is 17.7 Å². The minimum atomic E-state index is -1.27. The number of carbonyl (C=O) groups is 3. The lowest BCUT2D eigenvalue weighted by Gasteiger charge is -2.33. The molecule has 3 rings (SSSR count). The highest BCUT2D eigenvalue weighted by atomic mass is 16.5. The van der Waals surface area contributed by atoms with E-state index in [0.29, 0.717) is 38.1 Å². The minimum absolute atomic E-state index is 0.248. The number of carbonyl (C=O) groups excluding carboxylic acids is 3. The lowest BCUT2D eigenvalue weighted by molar-refractivity contribution is -0.151. The lowest BCUT2D eigenvalue weighted by Crippen LogP contribution is -2.47. The molecule has 1 aromatic carbocycles. The van der Waals surface area contributed by atoms with Gasteiger partial charge in [0.05, 0.1) is 12.5 Å². The zero-order chi connectivity index (χ0) is 20.8. The highest BCUT2D eigenvalue weighted by molar-refractivity contribution is 6.11. The third kappa shape index (κ3) is 4.62. The molecule has 0 unspecified atom stereocenters. The minimum Gasteiger partial charge on any atom is -0.466 e. The average molecular weight is 396 g/mol. The summed E-state index contributed by atoms with van der Waals surface area (Å²) < 4.78 is 6.24. The summed E-state index contributed by atoms with van der Waals surface area (Å²) in [7, 11) is 0. The lowest BCUT2D eigenvalue weighted by atomic mass is 9.95. The fraction of sp³-hybridized carbons (Fsp3) is 0.364. The number of benzene rings is 1. The number of ketones is 1. The summed E-state index contributed by atoms with van der Waals surface area (Å²) in [5, 5.41) is 0. The van der Waals surface area contributed by atoms with Gasteiger partial charge in [-0.1, -0.05) is 36.4 Å². The van der Waals surface area contributed by atoms with Crippen molar-refractivity contribution in [2.45, 2.75) is 25.8 Å². The third-order valence-corrected chi connectivity index (χ3v) is 5.10. The van der Waals surface area contributed by atoms with Crippen molar-refractivity contribution in [1.29, 1.82) is 0 Å². The summed E-state index contributed by atoms with van der Waals surface area (Å²) >= 11 is 0. The number of hydrogen-bond donors (Lipinski definition) is 0. The molecule has 0 radical (unpaired) electrons. The molecule has 1 saturated heterocycles. The first kappa shape index (κ1) is 20.5. The Labute approximate surface area is 168 Å². The number of esters is 1. The summed E-state index contributed by atoms with van der Waals surface area (Å²) in [5.41, 5.74) is -0.0560. The summed E-state index contributed by atoms with van der Waals surface area (Å²) in [6, 6.07) is 11.7. The van der Waals surface area contributed by atoms with E-state index in [2.05, 4.69) is 0 Å². The Morgan fingerprint density at radius 3 is 2.31 bits per heavy atom. The van der Waals surface area contributed by atoms with Crippen molar-refractivity contribution in [2.75, 3.05) is 19.7 Å². The molecule has 2 heterocycles. The number of hydrogen-bond acceptors (Lipinski definition) is 5. The zero-order valence-corrected chi connectivity index (χ0v) is 16.3. The largest absolute Gasteiger partial charge is 0.466 e. The van der Waals surface area contributed by atoms with Crippen molar-refractivity contribution in [1.82, 2.24) is 9.47 Å². The first-order valence-electron chi connectivity index (χ1n) is 9.74. The third-order valence-electron chi connectivity index (χ3n) is 5.10. The van der Waals surface area contributed by atoms with Gasteiger partial charge < -0.3 is 9.64 Å². The van der Waals surface area contributed by atoms with Gasteiger partial charge in [0, 0.05) is 30.9 Å². The molecule has 0 spiro atoms. The van der Waals surface area contributed by atoms with Crippen molar-refractivity contribution in [3.05, 3.63) is 70.6 Å². The fourth-order valence-electron chi connectivity index (χ4n) is 3.54. The van der Waals surface area contributed by atoms with Gasteiger partial charge in [0.2, 0.25) is 0 Å². The Hall–Kier alpha value is -3.22. The van der Waals surface area contributed by atoms with Gasteiger partial charge in [0.15, 0.2) is 11.8 Å². The van der Waals surface area contributed by atoms with Gasteiger partial charge in [0.1, 0.15) is 0 Å². The van der Waals surface area contributed by atoms with Gasteiger partial charge in [-0.15, -0.1) is 0 Å². The monoisotopic (exact) mass is 396 g/mol. The summed E-state index contributed by atoms with van der Waals surface area (Å²) in [6.07, 6.45) is 2.40. The Kier molecular flexibility index (Phi) is 6.59. The Morgan fingerprint density at radius 2 is 1.69 bits per heavy atom. The van der Waals surface area contributed by atoms with E-state index in [-0.39, 0.29) is 11.9 Å². The van der Waals surface area contributed by atoms with Crippen LogP contribution in [0.2, 0.25) is 0 Å². The molecule has 7 heteroatoms. The number of Topliss-reactive ketones (excluding diaryl/α,β-unsaturated/α-hetero) is 1. The van der Waals surface area contributed by atoms with Gasteiger partial charge in [-0.05, 0) is 25.8 Å². The molecule has 1 fully saturated rings. The van der Waals surface area contributed by atoms with Crippen LogP contribution in [0.1, 0.15) is 36.2 Å². The second kappa shape index (κ2) is 9.32. The molecule has 1 aliphatic rings. The number of nitrogens with zero attached hydrogens (tertiary/aromatic N) is 2. The summed E-state index contributed by atoms with van der Waals surface area (Å²) in [6.45, 7) is 2.75. The maximum atomic E-state index is 13.3. The number of piperidine rings is 1. The molecule has 1 amide bonds. The average Bonchev–Trinajstić information content (AvgIpc) is 2.76. The van der Waals surface area contributed by atoms with E-state index in [1.54, 1.807) is 54.3 Å². The highest BCUT2D eigenvalue weighted by Crippen LogP contribution is 2.23. The molecule has 0 N–H and O–H groups in total. The number of ether oxygens (including phenoxy) is 1. The second-order valence-electron chi connectivity index (χ2n) is 6.93. The predicted octanol–water partition coefficient (Wildman–Crippen LogP) is 2.07. The Morgan fingerprint density at radius 1 is 1.03 bits per heavy atom. The SMILES string of the molecule is CCOC(=O)C1CCN(C(=O)[C@@H](C(=O)c2ccccc2)n2ccccc2=O)CC1. The van der Waals surface area contributed by atoms with E-state index in [1.165, 1.54) is 16.8 Å². The molecular formula is C22H24N2O5. The number of aromatic nitrogens is 1. The van der Waals surface area contributed by atoms with Crippen LogP contribution in [0, 0.1) is 5.92 Å². The van der Waals surface area contributed by atoms with Gasteiger partial charge >= 0.3 is 5.97 Å².